The number of halogens is 1. The molecule has 7 nitrogen and oxygen atoms in total. The number of carbonyl (C=O) groups excluding carboxylic acids is 1. The van der Waals surface area contributed by atoms with Gasteiger partial charge in [0.05, 0.1) is 31.3 Å². The average Bonchev–Trinajstić information content (AvgIpc) is 2.79. The lowest BCUT2D eigenvalue weighted by Crippen LogP contribution is -2.29. The lowest BCUT2D eigenvalue weighted by molar-refractivity contribution is 0.0955. The highest BCUT2D eigenvalue weighted by Crippen LogP contribution is 2.24. The summed E-state index contributed by atoms with van der Waals surface area (Å²) >= 11 is 6.19. The molecule has 0 aliphatic carbocycles. The van der Waals surface area contributed by atoms with Crippen molar-refractivity contribution in [3.05, 3.63) is 94.5 Å². The van der Waals surface area contributed by atoms with E-state index in [1.165, 1.54) is 10.5 Å². The number of nitrogens with one attached hydrogen (secondary N) is 1. The quantitative estimate of drug-likeness (QED) is 0.358. The molecule has 3 aromatic rings. The van der Waals surface area contributed by atoms with Crippen LogP contribution in [-0.2, 0) is 16.6 Å². The number of hydrogen-bond donors (Lipinski definition) is 1. The van der Waals surface area contributed by atoms with Crippen molar-refractivity contribution in [1.82, 2.24) is 5.43 Å². The SMILES string of the molecule is CCOc1ccc(/C=N\NC(=O)c2ccc(N(Cc3ccccc3Cl)S(C)(=O)=O)cc2)cc1. The van der Waals surface area contributed by atoms with E-state index < -0.39 is 15.9 Å². The molecule has 9 heteroatoms. The van der Waals surface area contributed by atoms with Crippen molar-refractivity contribution in [2.45, 2.75) is 13.5 Å². The summed E-state index contributed by atoms with van der Waals surface area (Å²) in [5.41, 5.74) is 4.71. The molecule has 3 rings (SSSR count). The molecular formula is C24H24ClN3O4S. The number of nitrogens with zero attached hydrogens (tertiary/aromatic N) is 2. The van der Waals surface area contributed by atoms with E-state index in [1.807, 2.05) is 31.2 Å². The predicted octanol–water partition coefficient (Wildman–Crippen LogP) is 4.47. The molecule has 0 aromatic heterocycles. The van der Waals surface area contributed by atoms with Crippen molar-refractivity contribution in [1.29, 1.82) is 0 Å². The van der Waals surface area contributed by atoms with Crippen LogP contribution in [0.2, 0.25) is 5.02 Å². The molecule has 0 aliphatic heterocycles. The van der Waals surface area contributed by atoms with Gasteiger partial charge in [0.1, 0.15) is 5.75 Å². The van der Waals surface area contributed by atoms with Gasteiger partial charge in [0, 0.05) is 10.6 Å². The van der Waals surface area contributed by atoms with Crippen LogP contribution in [0.3, 0.4) is 0 Å². The highest BCUT2D eigenvalue weighted by atomic mass is 35.5. The molecule has 0 saturated carbocycles. The fourth-order valence-corrected chi connectivity index (χ4v) is 4.08. The maximum atomic E-state index is 12.4. The van der Waals surface area contributed by atoms with Crippen LogP contribution in [0, 0.1) is 0 Å². The Balaban J connectivity index is 1.68. The molecule has 0 saturated heterocycles. The third-order valence-electron chi connectivity index (χ3n) is 4.66. The zero-order valence-electron chi connectivity index (χ0n) is 18.2. The Kier molecular flexibility index (Phi) is 8.08. The van der Waals surface area contributed by atoms with Crippen LogP contribution in [0.4, 0.5) is 5.69 Å². The summed E-state index contributed by atoms with van der Waals surface area (Å²) in [6, 6.07) is 20.6. The zero-order chi connectivity index (χ0) is 23.8. The minimum absolute atomic E-state index is 0.0798. The molecule has 0 heterocycles. The standard InChI is InChI=1S/C24H24ClN3O4S/c1-3-32-22-14-8-18(9-15-22)16-26-27-24(29)19-10-12-21(13-11-19)28(33(2,30)31)17-20-6-4-5-7-23(20)25/h4-16H,3,17H2,1-2H3,(H,27,29)/b26-16-. The number of amides is 1. The van der Waals surface area contributed by atoms with E-state index >= 15 is 0 Å². The first-order valence-electron chi connectivity index (χ1n) is 10.2. The highest BCUT2D eigenvalue weighted by Gasteiger charge is 2.19. The molecule has 0 unspecified atom stereocenters. The number of hydrogen-bond acceptors (Lipinski definition) is 5. The van der Waals surface area contributed by atoms with E-state index in [0.717, 1.165) is 17.6 Å². The van der Waals surface area contributed by atoms with Gasteiger partial charge in [0.2, 0.25) is 10.0 Å². The Hall–Kier alpha value is -3.36. The summed E-state index contributed by atoms with van der Waals surface area (Å²) in [4.78, 5) is 12.4. The molecule has 1 N–H and O–H groups in total. The molecule has 172 valence electrons. The van der Waals surface area contributed by atoms with Crippen LogP contribution in [0.5, 0.6) is 5.75 Å². The number of hydrazone groups is 1. The van der Waals surface area contributed by atoms with Crippen LogP contribution in [-0.4, -0.2) is 33.4 Å². The number of sulfonamides is 1. The van der Waals surface area contributed by atoms with Crippen LogP contribution >= 0.6 is 11.6 Å². The van der Waals surface area contributed by atoms with E-state index in [1.54, 1.807) is 48.5 Å². The second-order valence-corrected chi connectivity index (χ2v) is 9.42. The van der Waals surface area contributed by atoms with Gasteiger partial charge < -0.3 is 4.74 Å². The van der Waals surface area contributed by atoms with Crippen molar-refractivity contribution in [3.8, 4) is 5.75 Å². The smallest absolute Gasteiger partial charge is 0.271 e. The van der Waals surface area contributed by atoms with Gasteiger partial charge in [-0.3, -0.25) is 9.10 Å². The molecule has 0 fully saturated rings. The topological polar surface area (TPSA) is 88.1 Å². The van der Waals surface area contributed by atoms with Gasteiger partial charge in [-0.1, -0.05) is 29.8 Å². The summed E-state index contributed by atoms with van der Waals surface area (Å²) < 4.78 is 31.4. The number of rotatable bonds is 9. The first-order valence-corrected chi connectivity index (χ1v) is 12.4. The predicted molar refractivity (Wildman–Crippen MR) is 132 cm³/mol. The van der Waals surface area contributed by atoms with Gasteiger partial charge in [-0.2, -0.15) is 5.10 Å². The summed E-state index contributed by atoms with van der Waals surface area (Å²) in [6.07, 6.45) is 2.65. The monoisotopic (exact) mass is 485 g/mol. The Bertz CT molecular complexity index is 1230. The zero-order valence-corrected chi connectivity index (χ0v) is 19.8. The number of benzene rings is 3. The molecule has 3 aromatic carbocycles. The second-order valence-electron chi connectivity index (χ2n) is 7.11. The molecule has 0 bridgehead atoms. The summed E-state index contributed by atoms with van der Waals surface area (Å²) in [6.45, 7) is 2.58. The molecule has 0 spiro atoms. The van der Waals surface area contributed by atoms with Crippen LogP contribution in [0.25, 0.3) is 0 Å². The Morgan fingerprint density at radius 1 is 1.06 bits per heavy atom. The van der Waals surface area contributed by atoms with Crippen LogP contribution in [0.15, 0.2) is 77.9 Å². The maximum absolute atomic E-state index is 12.4. The van der Waals surface area contributed by atoms with Gasteiger partial charge in [-0.15, -0.1) is 0 Å². The van der Waals surface area contributed by atoms with Crippen LogP contribution in [0.1, 0.15) is 28.4 Å². The van der Waals surface area contributed by atoms with Gasteiger partial charge >= 0.3 is 0 Å². The number of carbonyl (C=O) groups is 1. The van der Waals surface area contributed by atoms with E-state index in [4.69, 9.17) is 16.3 Å². The molecule has 0 radical (unpaired) electrons. The first-order chi connectivity index (χ1) is 15.8. The summed E-state index contributed by atoms with van der Waals surface area (Å²) in [5, 5.41) is 4.45. The van der Waals surface area contributed by atoms with Gasteiger partial charge in [0.15, 0.2) is 0 Å². The summed E-state index contributed by atoms with van der Waals surface area (Å²) in [7, 11) is -3.58. The average molecular weight is 486 g/mol. The van der Waals surface area contributed by atoms with E-state index in [2.05, 4.69) is 10.5 Å². The lowest BCUT2D eigenvalue weighted by Gasteiger charge is -2.23. The minimum atomic E-state index is -3.58. The second kappa shape index (κ2) is 11.0. The van der Waals surface area contributed by atoms with Crippen molar-refractivity contribution < 1.29 is 17.9 Å². The normalized spacial score (nSPS) is 11.4. The van der Waals surface area contributed by atoms with E-state index in [9.17, 15) is 13.2 Å². The third kappa shape index (κ3) is 6.81. The third-order valence-corrected chi connectivity index (χ3v) is 6.17. The molecule has 0 atom stereocenters. The number of ether oxygens (including phenoxy) is 1. The molecule has 33 heavy (non-hydrogen) atoms. The van der Waals surface area contributed by atoms with Crippen molar-refractivity contribution >= 4 is 39.4 Å². The molecule has 0 aliphatic rings. The van der Waals surface area contributed by atoms with Gasteiger partial charge in [0.25, 0.3) is 5.91 Å². The largest absolute Gasteiger partial charge is 0.494 e. The van der Waals surface area contributed by atoms with Crippen molar-refractivity contribution in [2.75, 3.05) is 17.2 Å². The van der Waals surface area contributed by atoms with Gasteiger partial charge in [-0.05, 0) is 72.6 Å². The van der Waals surface area contributed by atoms with Crippen molar-refractivity contribution in [3.63, 3.8) is 0 Å². The Morgan fingerprint density at radius 2 is 1.73 bits per heavy atom. The Labute approximate surface area is 198 Å². The fourth-order valence-electron chi connectivity index (χ4n) is 3.01. The summed E-state index contributed by atoms with van der Waals surface area (Å²) in [5.74, 6) is 0.345. The molecule has 1 amide bonds. The maximum Gasteiger partial charge on any atom is 0.271 e. The Morgan fingerprint density at radius 3 is 2.33 bits per heavy atom. The lowest BCUT2D eigenvalue weighted by atomic mass is 10.2. The van der Waals surface area contributed by atoms with E-state index in [-0.39, 0.29) is 6.54 Å². The number of anilines is 1. The van der Waals surface area contributed by atoms with E-state index in [0.29, 0.717) is 28.4 Å². The minimum Gasteiger partial charge on any atom is -0.494 e. The highest BCUT2D eigenvalue weighted by molar-refractivity contribution is 7.92. The fraction of sp³-hybridized carbons (Fsp3) is 0.167. The van der Waals surface area contributed by atoms with Crippen LogP contribution < -0.4 is 14.5 Å². The van der Waals surface area contributed by atoms with Crippen molar-refractivity contribution in [2.24, 2.45) is 5.10 Å². The first kappa shape index (κ1) is 24.3. The van der Waals surface area contributed by atoms with Gasteiger partial charge in [-0.25, -0.2) is 13.8 Å². The molecular weight excluding hydrogens is 462 g/mol.